The Morgan fingerprint density at radius 3 is 2.32 bits per heavy atom. The number of benzene rings is 2. The lowest BCUT2D eigenvalue weighted by Crippen LogP contribution is -2.15. The van der Waals surface area contributed by atoms with Gasteiger partial charge in [0.05, 0.1) is 10.7 Å². The molecule has 19 heavy (non-hydrogen) atoms. The highest BCUT2D eigenvalue weighted by molar-refractivity contribution is 14.1. The molecule has 0 amide bonds. The number of rotatable bonds is 3. The van der Waals surface area contributed by atoms with Gasteiger partial charge >= 0.3 is 0 Å². The molecule has 2 aromatic rings. The molecule has 0 saturated carbocycles. The summed E-state index contributed by atoms with van der Waals surface area (Å²) in [6.45, 7) is 0. The van der Waals surface area contributed by atoms with Crippen LogP contribution >= 0.6 is 34.2 Å². The Labute approximate surface area is 130 Å². The van der Waals surface area contributed by atoms with Gasteiger partial charge in [-0.1, -0.05) is 17.7 Å². The van der Waals surface area contributed by atoms with Crippen molar-refractivity contribution in [2.45, 2.75) is 4.90 Å². The van der Waals surface area contributed by atoms with Crippen LogP contribution in [0.15, 0.2) is 47.4 Å². The van der Waals surface area contributed by atoms with E-state index in [1.807, 2.05) is 0 Å². The minimum Gasteiger partial charge on any atom is -0.398 e. The molecule has 0 unspecified atom stereocenters. The highest BCUT2D eigenvalue weighted by atomic mass is 127. The number of nitrogen functional groups attached to an aromatic ring is 1. The van der Waals surface area contributed by atoms with Crippen LogP contribution in [0.3, 0.4) is 0 Å². The normalized spacial score (nSPS) is 11.3. The fourth-order valence-electron chi connectivity index (χ4n) is 1.53. The van der Waals surface area contributed by atoms with E-state index in [1.165, 1.54) is 12.1 Å². The largest absolute Gasteiger partial charge is 0.398 e. The first kappa shape index (κ1) is 14.4. The van der Waals surface area contributed by atoms with Crippen LogP contribution in [-0.4, -0.2) is 8.42 Å². The van der Waals surface area contributed by atoms with Crippen molar-refractivity contribution in [1.82, 2.24) is 0 Å². The second kappa shape index (κ2) is 5.56. The van der Waals surface area contributed by atoms with Gasteiger partial charge < -0.3 is 5.73 Å². The highest BCUT2D eigenvalue weighted by Crippen LogP contribution is 2.28. The fraction of sp³-hybridized carbons (Fsp3) is 0. The van der Waals surface area contributed by atoms with Gasteiger partial charge in [0.15, 0.2) is 0 Å². The first-order valence-electron chi connectivity index (χ1n) is 5.22. The van der Waals surface area contributed by atoms with Gasteiger partial charge in [0.25, 0.3) is 10.0 Å². The lowest BCUT2D eigenvalue weighted by atomic mass is 10.3. The Balaban J connectivity index is 2.41. The Hall–Kier alpha value is -0.990. The summed E-state index contributed by atoms with van der Waals surface area (Å²) < 4.78 is 28.0. The molecule has 0 atom stereocenters. The number of nitrogens with two attached hydrogens (primary N) is 1. The maximum absolute atomic E-state index is 12.3. The molecular weight excluding hydrogens is 399 g/mol. The van der Waals surface area contributed by atoms with Gasteiger partial charge in [-0.05, 0) is 59.0 Å². The molecule has 4 nitrogen and oxygen atoms in total. The first-order chi connectivity index (χ1) is 8.90. The van der Waals surface area contributed by atoms with Crippen molar-refractivity contribution >= 4 is 55.6 Å². The predicted molar refractivity (Wildman–Crippen MR) is 85.8 cm³/mol. The van der Waals surface area contributed by atoms with Crippen molar-refractivity contribution in [1.29, 1.82) is 0 Å². The van der Waals surface area contributed by atoms with Gasteiger partial charge in [0.1, 0.15) is 4.90 Å². The van der Waals surface area contributed by atoms with Crippen LogP contribution in [0.4, 0.5) is 11.4 Å². The maximum Gasteiger partial charge on any atom is 0.265 e. The average Bonchev–Trinajstić information content (AvgIpc) is 2.31. The van der Waals surface area contributed by atoms with Crippen molar-refractivity contribution in [2.75, 3.05) is 10.5 Å². The zero-order valence-electron chi connectivity index (χ0n) is 9.60. The second-order valence-electron chi connectivity index (χ2n) is 3.77. The lowest BCUT2D eigenvalue weighted by molar-refractivity contribution is 0.601. The van der Waals surface area contributed by atoms with Crippen molar-refractivity contribution in [3.63, 3.8) is 0 Å². The second-order valence-corrected chi connectivity index (χ2v) is 7.04. The Morgan fingerprint density at radius 1 is 1.11 bits per heavy atom. The highest BCUT2D eigenvalue weighted by Gasteiger charge is 2.21. The summed E-state index contributed by atoms with van der Waals surface area (Å²) in [6, 6.07) is 11.5. The zero-order valence-corrected chi connectivity index (χ0v) is 13.3. The molecule has 0 bridgehead atoms. The minimum atomic E-state index is -3.80. The molecule has 0 heterocycles. The van der Waals surface area contributed by atoms with Crippen LogP contribution in [0.2, 0.25) is 5.02 Å². The van der Waals surface area contributed by atoms with Crippen LogP contribution in [0.25, 0.3) is 0 Å². The Kier molecular flexibility index (Phi) is 4.22. The van der Waals surface area contributed by atoms with Crippen LogP contribution < -0.4 is 10.5 Å². The van der Waals surface area contributed by atoms with E-state index >= 15 is 0 Å². The molecule has 0 aliphatic heterocycles. The van der Waals surface area contributed by atoms with E-state index in [2.05, 4.69) is 27.3 Å². The van der Waals surface area contributed by atoms with Crippen LogP contribution in [0.1, 0.15) is 0 Å². The maximum atomic E-state index is 12.3. The van der Waals surface area contributed by atoms with Crippen LogP contribution in [0, 0.1) is 3.57 Å². The van der Waals surface area contributed by atoms with Crippen molar-refractivity contribution < 1.29 is 8.42 Å². The molecule has 0 spiro atoms. The third-order valence-corrected chi connectivity index (χ3v) is 5.01. The third-order valence-electron chi connectivity index (χ3n) is 2.36. The summed E-state index contributed by atoms with van der Waals surface area (Å²) in [5.41, 5.74) is 6.25. The summed E-state index contributed by atoms with van der Waals surface area (Å²) in [5.74, 6) is 0. The number of hydrogen-bond acceptors (Lipinski definition) is 3. The predicted octanol–water partition coefficient (Wildman–Crippen LogP) is 3.33. The average molecular weight is 409 g/mol. The molecule has 0 aliphatic carbocycles. The minimum absolute atomic E-state index is 0.0954. The topological polar surface area (TPSA) is 72.2 Å². The molecule has 0 aromatic heterocycles. The molecule has 100 valence electrons. The SMILES string of the molecule is Nc1cccc(Cl)c1S(=O)(=O)Nc1ccc(I)cc1. The molecule has 0 aliphatic rings. The standard InChI is InChI=1S/C12H10ClIN2O2S/c13-10-2-1-3-11(15)12(10)19(17,18)16-9-6-4-8(14)5-7-9/h1-7,16H,15H2. The lowest BCUT2D eigenvalue weighted by Gasteiger charge is -2.11. The van der Waals surface area contributed by atoms with Crippen molar-refractivity contribution in [3.8, 4) is 0 Å². The molecule has 0 fully saturated rings. The van der Waals surface area contributed by atoms with E-state index < -0.39 is 10.0 Å². The Morgan fingerprint density at radius 2 is 1.74 bits per heavy atom. The Bertz CT molecular complexity index is 682. The number of hydrogen-bond donors (Lipinski definition) is 2. The zero-order chi connectivity index (χ0) is 14.0. The molecule has 2 aromatic carbocycles. The molecule has 0 radical (unpaired) electrons. The van der Waals surface area contributed by atoms with E-state index in [4.69, 9.17) is 17.3 Å². The molecule has 2 rings (SSSR count). The molecule has 7 heteroatoms. The van der Waals surface area contributed by atoms with Crippen molar-refractivity contribution in [2.24, 2.45) is 0 Å². The monoisotopic (exact) mass is 408 g/mol. The number of nitrogens with one attached hydrogen (secondary N) is 1. The van der Waals surface area contributed by atoms with E-state index in [0.717, 1.165) is 3.57 Å². The summed E-state index contributed by atoms with van der Waals surface area (Å²) in [6.07, 6.45) is 0. The van der Waals surface area contributed by atoms with Crippen LogP contribution in [-0.2, 0) is 10.0 Å². The number of anilines is 2. The van der Waals surface area contributed by atoms with Gasteiger partial charge in [0, 0.05) is 9.26 Å². The van der Waals surface area contributed by atoms with E-state index in [1.54, 1.807) is 30.3 Å². The van der Waals surface area contributed by atoms with Gasteiger partial charge in [-0.3, -0.25) is 4.72 Å². The van der Waals surface area contributed by atoms with Crippen molar-refractivity contribution in [3.05, 3.63) is 51.1 Å². The summed E-state index contributed by atoms with van der Waals surface area (Å²) in [4.78, 5) is -0.102. The molecule has 3 N–H and O–H groups in total. The third kappa shape index (κ3) is 3.31. The summed E-state index contributed by atoms with van der Waals surface area (Å²) in [7, 11) is -3.80. The number of sulfonamides is 1. The molecular formula is C12H10ClIN2O2S. The van der Waals surface area contributed by atoms with Crippen LogP contribution in [0.5, 0.6) is 0 Å². The molecule has 0 saturated heterocycles. The van der Waals surface area contributed by atoms with E-state index in [0.29, 0.717) is 5.69 Å². The fourth-order valence-corrected chi connectivity index (χ4v) is 3.63. The summed E-state index contributed by atoms with van der Waals surface area (Å²) in [5, 5.41) is 0.0954. The van der Waals surface area contributed by atoms with Gasteiger partial charge in [-0.2, -0.15) is 0 Å². The smallest absolute Gasteiger partial charge is 0.265 e. The van der Waals surface area contributed by atoms with Gasteiger partial charge in [0.2, 0.25) is 0 Å². The quantitative estimate of drug-likeness (QED) is 0.604. The first-order valence-corrected chi connectivity index (χ1v) is 8.16. The van der Waals surface area contributed by atoms with Gasteiger partial charge in [-0.25, -0.2) is 8.42 Å². The van der Waals surface area contributed by atoms with Gasteiger partial charge in [-0.15, -0.1) is 0 Å². The summed E-state index contributed by atoms with van der Waals surface area (Å²) >= 11 is 8.04. The number of halogens is 2. The van der Waals surface area contributed by atoms with E-state index in [-0.39, 0.29) is 15.6 Å². The van der Waals surface area contributed by atoms with E-state index in [9.17, 15) is 8.42 Å².